The summed E-state index contributed by atoms with van der Waals surface area (Å²) in [5.74, 6) is -0.135. The number of carbonyl (C=O) groups is 1. The van der Waals surface area contributed by atoms with Gasteiger partial charge in [-0.2, -0.15) is 0 Å². The lowest BCUT2D eigenvalue weighted by molar-refractivity contribution is -0.125. The largest absolute Gasteiger partial charge is 0.508 e. The van der Waals surface area contributed by atoms with Crippen LogP contribution in [0.5, 0.6) is 11.5 Å². The van der Waals surface area contributed by atoms with E-state index in [1.54, 1.807) is 17.9 Å². The molecular formula is C12H18N2O3. The first-order valence-corrected chi connectivity index (χ1v) is 5.37. The first-order valence-electron chi connectivity index (χ1n) is 5.37. The van der Waals surface area contributed by atoms with Crippen LogP contribution in [0.2, 0.25) is 0 Å². The fourth-order valence-corrected chi connectivity index (χ4v) is 1.27. The lowest BCUT2D eigenvalue weighted by atomic mass is 10.2. The summed E-state index contributed by atoms with van der Waals surface area (Å²) >= 11 is 0. The van der Waals surface area contributed by atoms with E-state index in [9.17, 15) is 9.90 Å². The molecule has 0 spiro atoms. The average molecular weight is 238 g/mol. The number of rotatable bonds is 4. The number of phenolic OH excluding ortho intramolecular Hbond substituents is 2. The van der Waals surface area contributed by atoms with E-state index in [-0.39, 0.29) is 30.0 Å². The molecule has 1 aromatic carbocycles. The predicted octanol–water partition coefficient (Wildman–Crippen LogP) is 0.664. The highest BCUT2D eigenvalue weighted by atomic mass is 16.3. The number of nitrogens with zero attached hydrogens (tertiary/aromatic N) is 1. The molecule has 0 bridgehead atoms. The number of nitrogens with one attached hydrogen (secondary N) is 1. The summed E-state index contributed by atoms with van der Waals surface area (Å²) in [6, 6.07) is 4.06. The van der Waals surface area contributed by atoms with Crippen molar-refractivity contribution in [3.63, 3.8) is 0 Å². The Morgan fingerprint density at radius 3 is 2.59 bits per heavy atom. The van der Waals surface area contributed by atoms with Crippen LogP contribution in [0.15, 0.2) is 18.2 Å². The van der Waals surface area contributed by atoms with Gasteiger partial charge in [0.05, 0.1) is 6.04 Å². The minimum atomic E-state index is -0.228. The minimum Gasteiger partial charge on any atom is -0.508 e. The van der Waals surface area contributed by atoms with E-state index in [0.29, 0.717) is 5.56 Å². The number of hydrogen-bond donors (Lipinski definition) is 3. The van der Waals surface area contributed by atoms with Gasteiger partial charge in [-0.15, -0.1) is 0 Å². The first kappa shape index (κ1) is 13.3. The highest BCUT2D eigenvalue weighted by molar-refractivity contribution is 5.81. The second kappa shape index (κ2) is 5.54. The summed E-state index contributed by atoms with van der Waals surface area (Å²) in [7, 11) is 3.64. The van der Waals surface area contributed by atoms with Gasteiger partial charge >= 0.3 is 0 Å². The molecule has 0 aliphatic carbocycles. The van der Waals surface area contributed by atoms with Crippen molar-refractivity contribution in [3.05, 3.63) is 23.8 Å². The molecule has 17 heavy (non-hydrogen) atoms. The van der Waals surface area contributed by atoms with Gasteiger partial charge in [0.1, 0.15) is 11.5 Å². The highest BCUT2D eigenvalue weighted by Gasteiger charge is 2.14. The fourth-order valence-electron chi connectivity index (χ4n) is 1.27. The maximum Gasteiger partial charge on any atom is 0.237 e. The molecule has 0 fully saturated rings. The molecular weight excluding hydrogens is 220 g/mol. The topological polar surface area (TPSA) is 72.8 Å². The van der Waals surface area contributed by atoms with E-state index >= 15 is 0 Å². The predicted molar refractivity (Wildman–Crippen MR) is 64.8 cm³/mol. The second-order valence-electron chi connectivity index (χ2n) is 4.17. The van der Waals surface area contributed by atoms with Crippen molar-refractivity contribution in [3.8, 4) is 11.5 Å². The third-order valence-electron chi connectivity index (χ3n) is 2.68. The Hall–Kier alpha value is -1.75. The van der Waals surface area contributed by atoms with Crippen LogP contribution in [0.1, 0.15) is 12.5 Å². The summed E-state index contributed by atoms with van der Waals surface area (Å²) < 4.78 is 0. The fraction of sp³-hybridized carbons (Fsp3) is 0.417. The molecule has 0 heterocycles. The molecule has 0 saturated carbocycles. The SMILES string of the molecule is C[C@H](C(=O)NCc1ccc(O)cc1O)N(C)C. The highest BCUT2D eigenvalue weighted by Crippen LogP contribution is 2.22. The zero-order valence-electron chi connectivity index (χ0n) is 10.3. The number of benzene rings is 1. The maximum absolute atomic E-state index is 11.7. The molecule has 5 heteroatoms. The van der Waals surface area contributed by atoms with Gasteiger partial charge in [-0.05, 0) is 33.2 Å². The standard InChI is InChI=1S/C12H18N2O3/c1-8(14(2)3)12(17)13-7-9-4-5-10(15)6-11(9)16/h4-6,8,15-16H,7H2,1-3H3,(H,13,17)/t8-/m1/s1. The molecule has 1 aromatic rings. The van der Waals surface area contributed by atoms with Gasteiger partial charge in [0.15, 0.2) is 0 Å². The van der Waals surface area contributed by atoms with Crippen LogP contribution in [0.4, 0.5) is 0 Å². The van der Waals surface area contributed by atoms with Crippen molar-refractivity contribution < 1.29 is 15.0 Å². The number of aromatic hydroxyl groups is 2. The molecule has 0 aliphatic heterocycles. The summed E-state index contributed by atoms with van der Waals surface area (Å²) in [6.07, 6.45) is 0. The third-order valence-corrected chi connectivity index (χ3v) is 2.68. The summed E-state index contributed by atoms with van der Waals surface area (Å²) in [5, 5.41) is 21.4. The van der Waals surface area contributed by atoms with Crippen LogP contribution in [0, 0.1) is 0 Å². The van der Waals surface area contributed by atoms with Gasteiger partial charge < -0.3 is 15.5 Å². The molecule has 1 atom stereocenters. The summed E-state index contributed by atoms with van der Waals surface area (Å²) in [6.45, 7) is 2.04. The van der Waals surface area contributed by atoms with Crippen LogP contribution >= 0.6 is 0 Å². The zero-order valence-corrected chi connectivity index (χ0v) is 10.3. The minimum absolute atomic E-state index is 0.000707. The van der Waals surface area contributed by atoms with Gasteiger partial charge in [0.25, 0.3) is 0 Å². The van der Waals surface area contributed by atoms with Gasteiger partial charge in [0.2, 0.25) is 5.91 Å². The van der Waals surface area contributed by atoms with E-state index in [1.165, 1.54) is 12.1 Å². The molecule has 3 N–H and O–H groups in total. The smallest absolute Gasteiger partial charge is 0.237 e. The number of phenols is 2. The van der Waals surface area contributed by atoms with Gasteiger partial charge in [-0.3, -0.25) is 9.69 Å². The van der Waals surface area contributed by atoms with Gasteiger partial charge in [0, 0.05) is 18.2 Å². The second-order valence-corrected chi connectivity index (χ2v) is 4.17. The Labute approximate surface area is 101 Å². The van der Waals surface area contributed by atoms with E-state index in [4.69, 9.17) is 5.11 Å². The monoisotopic (exact) mass is 238 g/mol. The van der Waals surface area contributed by atoms with Crippen molar-refractivity contribution in [2.45, 2.75) is 19.5 Å². The maximum atomic E-state index is 11.7. The van der Waals surface area contributed by atoms with Crippen LogP contribution in [0.3, 0.4) is 0 Å². The summed E-state index contributed by atoms with van der Waals surface area (Å²) in [5.41, 5.74) is 0.571. The van der Waals surface area contributed by atoms with E-state index in [2.05, 4.69) is 5.32 Å². The van der Waals surface area contributed by atoms with Gasteiger partial charge in [-0.25, -0.2) is 0 Å². The van der Waals surface area contributed by atoms with Crippen molar-refractivity contribution in [1.29, 1.82) is 0 Å². The molecule has 1 rings (SSSR count). The van der Waals surface area contributed by atoms with Gasteiger partial charge in [-0.1, -0.05) is 0 Å². The van der Waals surface area contributed by atoms with Crippen molar-refractivity contribution in [2.75, 3.05) is 14.1 Å². The molecule has 94 valence electrons. The first-order chi connectivity index (χ1) is 7.91. The van der Waals surface area contributed by atoms with Crippen molar-refractivity contribution in [2.24, 2.45) is 0 Å². The van der Waals surface area contributed by atoms with Crippen molar-refractivity contribution >= 4 is 5.91 Å². The Bertz CT molecular complexity index is 405. The lowest BCUT2D eigenvalue weighted by Crippen LogP contribution is -2.41. The molecule has 1 amide bonds. The Kier molecular flexibility index (Phi) is 4.34. The Morgan fingerprint density at radius 2 is 2.06 bits per heavy atom. The molecule has 0 unspecified atom stereocenters. The Morgan fingerprint density at radius 1 is 1.41 bits per heavy atom. The number of hydrogen-bond acceptors (Lipinski definition) is 4. The van der Waals surface area contributed by atoms with E-state index in [1.807, 2.05) is 14.1 Å². The number of amides is 1. The van der Waals surface area contributed by atoms with Crippen molar-refractivity contribution in [1.82, 2.24) is 10.2 Å². The molecule has 0 aromatic heterocycles. The average Bonchev–Trinajstić information content (AvgIpc) is 2.26. The quantitative estimate of drug-likeness (QED) is 0.720. The normalized spacial score (nSPS) is 12.5. The zero-order chi connectivity index (χ0) is 13.0. The van der Waals surface area contributed by atoms with E-state index < -0.39 is 0 Å². The third kappa shape index (κ3) is 3.64. The molecule has 0 saturated heterocycles. The molecule has 0 radical (unpaired) electrons. The lowest BCUT2D eigenvalue weighted by Gasteiger charge is -2.19. The van der Waals surface area contributed by atoms with Crippen LogP contribution < -0.4 is 5.32 Å². The van der Waals surface area contributed by atoms with Crippen LogP contribution in [-0.4, -0.2) is 41.2 Å². The van der Waals surface area contributed by atoms with Crippen LogP contribution in [0.25, 0.3) is 0 Å². The summed E-state index contributed by atoms with van der Waals surface area (Å²) in [4.78, 5) is 13.4. The van der Waals surface area contributed by atoms with E-state index in [0.717, 1.165) is 0 Å². The molecule has 0 aliphatic rings. The van der Waals surface area contributed by atoms with Crippen LogP contribution in [-0.2, 0) is 11.3 Å². The number of likely N-dealkylation sites (N-methyl/N-ethyl adjacent to an activating group) is 1. The number of carbonyl (C=O) groups excluding carboxylic acids is 1. The molecule has 5 nitrogen and oxygen atoms in total. The Balaban J connectivity index is 2.59.